The lowest BCUT2D eigenvalue weighted by Gasteiger charge is -2.04. The maximum absolute atomic E-state index is 12.0. The lowest BCUT2D eigenvalue weighted by Crippen LogP contribution is -1.98. The van der Waals surface area contributed by atoms with Gasteiger partial charge in [-0.15, -0.1) is 0 Å². The summed E-state index contributed by atoms with van der Waals surface area (Å²) in [5.41, 5.74) is 0.585. The van der Waals surface area contributed by atoms with Crippen LogP contribution in [0.15, 0.2) is 62.3 Å². The van der Waals surface area contributed by atoms with E-state index in [4.69, 9.17) is 4.74 Å². The topological polar surface area (TPSA) is 55.7 Å². The van der Waals surface area contributed by atoms with Crippen LogP contribution < -0.4 is 4.74 Å². The van der Waals surface area contributed by atoms with Crippen LogP contribution in [0.25, 0.3) is 0 Å². The lowest BCUT2D eigenvalue weighted by molar-refractivity contribution is 0.414. The molecule has 0 aliphatic rings. The van der Waals surface area contributed by atoms with Crippen LogP contribution in [0.3, 0.4) is 0 Å². The quantitative estimate of drug-likeness (QED) is 0.792. The van der Waals surface area contributed by atoms with E-state index in [1.54, 1.807) is 30.3 Å². The number of hydrogen-bond acceptors (Lipinski definition) is 3. The molecule has 0 spiro atoms. The second-order valence-corrected chi connectivity index (χ2v) is 6.46. The molecule has 0 aliphatic heterocycles. The van der Waals surface area contributed by atoms with E-state index < -0.39 is 10.0 Å². The second kappa shape index (κ2) is 6.19. The smallest absolute Gasteiger partial charge is 0.282 e. The Morgan fingerprint density at radius 1 is 1.15 bits per heavy atom. The molecule has 0 saturated heterocycles. The van der Waals surface area contributed by atoms with Gasteiger partial charge in [0.15, 0.2) is 0 Å². The summed E-state index contributed by atoms with van der Waals surface area (Å²) in [6, 6.07) is 13.4. The summed E-state index contributed by atoms with van der Waals surface area (Å²) in [7, 11) is -2.18. The molecular formula is C14H12BrNO3S. The van der Waals surface area contributed by atoms with Crippen LogP contribution in [0.1, 0.15) is 5.56 Å². The summed E-state index contributed by atoms with van der Waals surface area (Å²) in [6.45, 7) is 0. The van der Waals surface area contributed by atoms with Crippen LogP contribution in [0.4, 0.5) is 0 Å². The van der Waals surface area contributed by atoms with Gasteiger partial charge in [0.05, 0.1) is 18.2 Å². The first-order chi connectivity index (χ1) is 9.53. The predicted octanol–water partition coefficient (Wildman–Crippen LogP) is 3.27. The Bertz CT molecular complexity index is 727. The maximum Gasteiger partial charge on any atom is 0.282 e. The number of nitrogens with zero attached hydrogens (tertiary/aromatic N) is 1. The molecule has 2 aromatic carbocycles. The Balaban J connectivity index is 2.37. The number of hydrogen-bond donors (Lipinski definition) is 0. The van der Waals surface area contributed by atoms with Gasteiger partial charge in [0.25, 0.3) is 10.0 Å². The minimum Gasteiger partial charge on any atom is -0.496 e. The lowest BCUT2D eigenvalue weighted by atomic mass is 10.2. The number of ether oxygens (including phenoxy) is 1. The molecule has 0 unspecified atom stereocenters. The second-order valence-electron chi connectivity index (χ2n) is 3.91. The summed E-state index contributed by atoms with van der Waals surface area (Å²) in [6.07, 6.45) is 1.28. The van der Waals surface area contributed by atoms with E-state index in [2.05, 4.69) is 20.3 Å². The first-order valence-corrected chi connectivity index (χ1v) is 7.95. The zero-order valence-corrected chi connectivity index (χ0v) is 13.1. The van der Waals surface area contributed by atoms with Crippen LogP contribution in [0, 0.1) is 0 Å². The van der Waals surface area contributed by atoms with Crippen molar-refractivity contribution in [2.24, 2.45) is 4.40 Å². The minimum atomic E-state index is -3.70. The van der Waals surface area contributed by atoms with Crippen molar-refractivity contribution in [1.82, 2.24) is 0 Å². The summed E-state index contributed by atoms with van der Waals surface area (Å²) < 4.78 is 33.8. The normalized spacial score (nSPS) is 11.7. The van der Waals surface area contributed by atoms with Crippen molar-refractivity contribution in [3.05, 3.63) is 58.6 Å². The number of halogens is 1. The average Bonchev–Trinajstić information content (AvgIpc) is 2.46. The van der Waals surface area contributed by atoms with Gasteiger partial charge < -0.3 is 4.74 Å². The molecule has 104 valence electrons. The Morgan fingerprint density at radius 3 is 2.50 bits per heavy atom. The zero-order valence-electron chi connectivity index (χ0n) is 10.7. The molecule has 4 nitrogen and oxygen atoms in total. The van der Waals surface area contributed by atoms with Gasteiger partial charge in [0.2, 0.25) is 0 Å². The van der Waals surface area contributed by atoms with E-state index in [0.717, 1.165) is 4.47 Å². The Morgan fingerprint density at radius 2 is 1.85 bits per heavy atom. The van der Waals surface area contributed by atoms with Gasteiger partial charge >= 0.3 is 0 Å². The Kier molecular flexibility index (Phi) is 4.57. The van der Waals surface area contributed by atoms with E-state index in [-0.39, 0.29) is 4.90 Å². The first-order valence-electron chi connectivity index (χ1n) is 5.72. The molecule has 0 atom stereocenters. The van der Waals surface area contributed by atoms with E-state index >= 15 is 0 Å². The summed E-state index contributed by atoms with van der Waals surface area (Å²) >= 11 is 3.32. The molecule has 0 heterocycles. The summed E-state index contributed by atoms with van der Waals surface area (Å²) in [5, 5.41) is 0. The highest BCUT2D eigenvalue weighted by molar-refractivity contribution is 9.10. The first kappa shape index (κ1) is 14.7. The highest BCUT2D eigenvalue weighted by Crippen LogP contribution is 2.22. The molecule has 0 bridgehead atoms. The van der Waals surface area contributed by atoms with Gasteiger partial charge in [-0.05, 0) is 30.3 Å². The van der Waals surface area contributed by atoms with Crippen molar-refractivity contribution in [1.29, 1.82) is 0 Å². The fraction of sp³-hybridized carbons (Fsp3) is 0.0714. The molecule has 6 heteroatoms. The third kappa shape index (κ3) is 3.46. The fourth-order valence-electron chi connectivity index (χ4n) is 1.59. The monoisotopic (exact) mass is 353 g/mol. The van der Waals surface area contributed by atoms with Gasteiger partial charge in [-0.3, -0.25) is 0 Å². The third-order valence-electron chi connectivity index (χ3n) is 2.56. The molecule has 20 heavy (non-hydrogen) atoms. The highest BCUT2D eigenvalue weighted by Gasteiger charge is 2.11. The van der Waals surface area contributed by atoms with Crippen LogP contribution in [0.2, 0.25) is 0 Å². The van der Waals surface area contributed by atoms with E-state index in [1.165, 1.54) is 25.5 Å². The van der Waals surface area contributed by atoms with Crippen molar-refractivity contribution >= 4 is 32.2 Å². The SMILES string of the molecule is COc1ccc(Br)cc1/C=N\S(=O)(=O)c1ccccc1. The molecule has 0 saturated carbocycles. The summed E-state index contributed by atoms with van der Waals surface area (Å²) in [5.74, 6) is 0.556. The minimum absolute atomic E-state index is 0.158. The number of benzene rings is 2. The molecule has 2 aromatic rings. The number of sulfonamides is 1. The van der Waals surface area contributed by atoms with Crippen LogP contribution in [-0.4, -0.2) is 21.7 Å². The Labute approximate surface area is 126 Å². The van der Waals surface area contributed by atoms with Crippen molar-refractivity contribution < 1.29 is 13.2 Å². The zero-order chi connectivity index (χ0) is 14.6. The van der Waals surface area contributed by atoms with Gasteiger partial charge in [-0.1, -0.05) is 34.1 Å². The Hall–Kier alpha value is -1.66. The van der Waals surface area contributed by atoms with E-state index in [1.807, 2.05) is 6.07 Å². The summed E-state index contributed by atoms with van der Waals surface area (Å²) in [4.78, 5) is 0.158. The van der Waals surface area contributed by atoms with Crippen molar-refractivity contribution in [3.63, 3.8) is 0 Å². The van der Waals surface area contributed by atoms with E-state index in [9.17, 15) is 8.42 Å². The molecule has 0 aromatic heterocycles. The number of methoxy groups -OCH3 is 1. The standard InChI is InChI=1S/C14H12BrNO3S/c1-19-14-8-7-12(15)9-11(14)10-16-20(17,18)13-5-3-2-4-6-13/h2-10H,1H3/b16-10-. The van der Waals surface area contributed by atoms with Crippen molar-refractivity contribution in [2.75, 3.05) is 7.11 Å². The number of rotatable bonds is 4. The molecule has 0 radical (unpaired) electrons. The van der Waals surface area contributed by atoms with Gasteiger partial charge in [-0.2, -0.15) is 12.8 Å². The van der Waals surface area contributed by atoms with Crippen LogP contribution in [-0.2, 0) is 10.0 Å². The highest BCUT2D eigenvalue weighted by atomic mass is 79.9. The predicted molar refractivity (Wildman–Crippen MR) is 81.9 cm³/mol. The van der Waals surface area contributed by atoms with Gasteiger partial charge in [-0.25, -0.2) is 0 Å². The maximum atomic E-state index is 12.0. The average molecular weight is 354 g/mol. The van der Waals surface area contributed by atoms with Gasteiger partial charge in [0.1, 0.15) is 5.75 Å². The molecular weight excluding hydrogens is 342 g/mol. The van der Waals surface area contributed by atoms with Crippen molar-refractivity contribution in [3.8, 4) is 5.75 Å². The third-order valence-corrected chi connectivity index (χ3v) is 4.31. The molecule has 0 N–H and O–H groups in total. The van der Waals surface area contributed by atoms with Crippen LogP contribution >= 0.6 is 15.9 Å². The van der Waals surface area contributed by atoms with Crippen LogP contribution in [0.5, 0.6) is 5.75 Å². The molecule has 0 aliphatic carbocycles. The van der Waals surface area contributed by atoms with Crippen molar-refractivity contribution in [2.45, 2.75) is 4.90 Å². The molecule has 0 fully saturated rings. The molecule has 2 rings (SSSR count). The molecule has 0 amide bonds. The fourth-order valence-corrected chi connectivity index (χ4v) is 2.84. The van der Waals surface area contributed by atoms with Gasteiger partial charge in [0, 0.05) is 10.0 Å². The van der Waals surface area contributed by atoms with E-state index in [0.29, 0.717) is 11.3 Å². The largest absolute Gasteiger partial charge is 0.496 e.